The van der Waals surface area contributed by atoms with Gasteiger partial charge in [-0.3, -0.25) is 10.1 Å². The number of likely N-dealkylation sites (N-methyl/N-ethyl adjacent to an activating group) is 2. The third-order valence-corrected chi connectivity index (χ3v) is 6.73. The number of rotatable bonds is 10. The molecule has 3 aromatic heterocycles. The van der Waals surface area contributed by atoms with Crippen LogP contribution in [-0.2, 0) is 0 Å². The van der Waals surface area contributed by atoms with Crippen LogP contribution in [0.15, 0.2) is 42.9 Å². The van der Waals surface area contributed by atoms with Crippen molar-refractivity contribution in [1.82, 2.24) is 24.4 Å². The van der Waals surface area contributed by atoms with Crippen molar-refractivity contribution in [2.45, 2.75) is 18.9 Å². The summed E-state index contributed by atoms with van der Waals surface area (Å²) in [4.78, 5) is 29.0. The van der Waals surface area contributed by atoms with Crippen molar-refractivity contribution in [3.63, 3.8) is 0 Å². The van der Waals surface area contributed by atoms with E-state index in [4.69, 9.17) is 4.74 Å². The SMILES string of the molecule is COc1cc(N(C)CCN(C)C)c([N+](=O)[O-])cc1Nc1ncc(C#N)c(-c2cn(C3CC3)c3ncccc23)n1. The molecule has 0 atom stereocenters. The lowest BCUT2D eigenvalue weighted by atomic mass is 10.1. The average Bonchev–Trinajstić information content (AvgIpc) is 3.71. The van der Waals surface area contributed by atoms with Crippen molar-refractivity contribution >= 4 is 34.0 Å². The molecule has 1 saturated carbocycles. The van der Waals surface area contributed by atoms with Crippen LogP contribution in [0.1, 0.15) is 24.4 Å². The van der Waals surface area contributed by atoms with E-state index in [1.54, 1.807) is 19.3 Å². The Morgan fingerprint density at radius 3 is 2.72 bits per heavy atom. The zero-order valence-electron chi connectivity index (χ0n) is 22.2. The molecule has 0 bridgehead atoms. The smallest absolute Gasteiger partial charge is 0.294 e. The van der Waals surface area contributed by atoms with Gasteiger partial charge in [0.2, 0.25) is 5.95 Å². The Bertz CT molecular complexity index is 1590. The van der Waals surface area contributed by atoms with E-state index < -0.39 is 4.92 Å². The van der Waals surface area contributed by atoms with Crippen LogP contribution in [0.4, 0.5) is 23.0 Å². The highest BCUT2D eigenvalue weighted by atomic mass is 16.6. The van der Waals surface area contributed by atoms with Gasteiger partial charge in [-0.05, 0) is 39.1 Å². The average molecular weight is 528 g/mol. The van der Waals surface area contributed by atoms with E-state index in [0.717, 1.165) is 36.0 Å². The lowest BCUT2D eigenvalue weighted by Crippen LogP contribution is -2.28. The molecule has 1 N–H and O–H groups in total. The van der Waals surface area contributed by atoms with Crippen LogP contribution >= 0.6 is 0 Å². The minimum Gasteiger partial charge on any atom is -0.494 e. The van der Waals surface area contributed by atoms with Gasteiger partial charge in [0.25, 0.3) is 5.69 Å². The highest BCUT2D eigenvalue weighted by molar-refractivity contribution is 5.94. The Morgan fingerprint density at radius 2 is 2.05 bits per heavy atom. The van der Waals surface area contributed by atoms with E-state index in [2.05, 4.69) is 30.9 Å². The summed E-state index contributed by atoms with van der Waals surface area (Å²) in [6.07, 6.45) is 7.36. The number of nitrogens with one attached hydrogen (secondary N) is 1. The maximum atomic E-state index is 12.0. The molecule has 39 heavy (non-hydrogen) atoms. The Balaban J connectivity index is 1.55. The topological polar surface area (TPSA) is 138 Å². The number of benzene rings is 1. The van der Waals surface area contributed by atoms with Gasteiger partial charge in [-0.2, -0.15) is 5.26 Å². The molecule has 1 fully saturated rings. The molecule has 3 heterocycles. The number of ether oxygens (including phenoxy) is 1. The minimum atomic E-state index is -0.420. The fourth-order valence-corrected chi connectivity index (χ4v) is 4.50. The van der Waals surface area contributed by atoms with Gasteiger partial charge in [0.1, 0.15) is 23.2 Å². The molecule has 1 aromatic carbocycles. The summed E-state index contributed by atoms with van der Waals surface area (Å²) in [5.41, 5.74) is 3.10. The van der Waals surface area contributed by atoms with E-state index in [1.807, 2.05) is 42.2 Å². The second-order valence-electron chi connectivity index (χ2n) is 9.77. The predicted octanol–water partition coefficient (Wildman–Crippen LogP) is 4.36. The number of nitriles is 1. The summed E-state index contributed by atoms with van der Waals surface area (Å²) in [5.74, 6) is 0.581. The zero-order valence-corrected chi connectivity index (χ0v) is 22.2. The first-order chi connectivity index (χ1) is 18.8. The first-order valence-electron chi connectivity index (χ1n) is 12.5. The largest absolute Gasteiger partial charge is 0.494 e. The lowest BCUT2D eigenvalue weighted by molar-refractivity contribution is -0.384. The van der Waals surface area contributed by atoms with E-state index in [1.165, 1.54) is 19.4 Å². The van der Waals surface area contributed by atoms with E-state index in [9.17, 15) is 15.4 Å². The van der Waals surface area contributed by atoms with Crippen molar-refractivity contribution in [3.8, 4) is 23.1 Å². The van der Waals surface area contributed by atoms with Crippen LogP contribution in [0.2, 0.25) is 0 Å². The Kier molecular flexibility index (Phi) is 7.00. The van der Waals surface area contributed by atoms with Gasteiger partial charge >= 0.3 is 0 Å². The van der Waals surface area contributed by atoms with Gasteiger partial charge in [0, 0.05) is 61.7 Å². The Morgan fingerprint density at radius 1 is 1.26 bits per heavy atom. The van der Waals surface area contributed by atoms with Gasteiger partial charge in [0.05, 0.1) is 35.2 Å². The molecule has 4 aromatic rings. The van der Waals surface area contributed by atoms with Crippen molar-refractivity contribution in [2.24, 2.45) is 0 Å². The monoisotopic (exact) mass is 527 g/mol. The van der Waals surface area contributed by atoms with Crippen molar-refractivity contribution < 1.29 is 9.66 Å². The van der Waals surface area contributed by atoms with Gasteiger partial charge in [-0.25, -0.2) is 15.0 Å². The molecule has 5 rings (SSSR count). The molecule has 12 heteroatoms. The molecule has 0 amide bonds. The highest BCUT2D eigenvalue weighted by Crippen LogP contribution is 2.42. The molecular formula is C27H29N9O3. The normalized spacial score (nSPS) is 12.9. The molecule has 1 aliphatic rings. The minimum absolute atomic E-state index is 0.0768. The molecule has 1 aliphatic carbocycles. The molecule has 0 saturated heterocycles. The second-order valence-corrected chi connectivity index (χ2v) is 9.77. The molecule has 0 unspecified atom stereocenters. The van der Waals surface area contributed by atoms with Crippen LogP contribution in [0.3, 0.4) is 0 Å². The zero-order chi connectivity index (χ0) is 27.7. The molecule has 200 valence electrons. The number of nitro benzene ring substituents is 1. The second kappa shape index (κ2) is 10.5. The maximum Gasteiger partial charge on any atom is 0.294 e. The number of aromatic nitrogens is 4. The molecule has 0 aliphatic heterocycles. The summed E-state index contributed by atoms with van der Waals surface area (Å²) in [5, 5.41) is 25.8. The number of methoxy groups -OCH3 is 1. The molecular weight excluding hydrogens is 498 g/mol. The summed E-state index contributed by atoms with van der Waals surface area (Å²) in [6, 6.07) is 9.45. The third-order valence-electron chi connectivity index (χ3n) is 6.73. The van der Waals surface area contributed by atoms with Gasteiger partial charge in [-0.15, -0.1) is 0 Å². The fraction of sp³-hybridized carbons (Fsp3) is 0.333. The Hall–Kier alpha value is -4.76. The van der Waals surface area contributed by atoms with Crippen LogP contribution < -0.4 is 15.0 Å². The first kappa shape index (κ1) is 25.9. The lowest BCUT2D eigenvalue weighted by Gasteiger charge is -2.22. The van der Waals surface area contributed by atoms with E-state index >= 15 is 0 Å². The summed E-state index contributed by atoms with van der Waals surface area (Å²) in [6.45, 7) is 1.32. The quantitative estimate of drug-likeness (QED) is 0.234. The summed E-state index contributed by atoms with van der Waals surface area (Å²) >= 11 is 0. The molecule has 0 spiro atoms. The van der Waals surface area contributed by atoms with Gasteiger partial charge < -0.3 is 24.4 Å². The molecule has 12 nitrogen and oxygen atoms in total. The fourth-order valence-electron chi connectivity index (χ4n) is 4.50. The highest BCUT2D eigenvalue weighted by Gasteiger charge is 2.28. The van der Waals surface area contributed by atoms with Crippen molar-refractivity contribution in [3.05, 3.63) is 58.5 Å². The Labute approximate surface area is 225 Å². The summed E-state index contributed by atoms with van der Waals surface area (Å²) < 4.78 is 7.72. The number of hydrogen-bond donors (Lipinski definition) is 1. The van der Waals surface area contributed by atoms with Gasteiger partial charge in [0.15, 0.2) is 0 Å². The van der Waals surface area contributed by atoms with Crippen LogP contribution in [0.5, 0.6) is 5.75 Å². The van der Waals surface area contributed by atoms with Crippen LogP contribution in [0.25, 0.3) is 22.3 Å². The number of fused-ring (bicyclic) bond motifs is 1. The number of anilines is 3. The van der Waals surface area contributed by atoms with Crippen LogP contribution in [-0.4, -0.2) is 70.7 Å². The maximum absolute atomic E-state index is 12.0. The predicted molar refractivity (Wildman–Crippen MR) is 149 cm³/mol. The number of hydrogen-bond acceptors (Lipinski definition) is 10. The van der Waals surface area contributed by atoms with Gasteiger partial charge in [-0.1, -0.05) is 0 Å². The molecule has 0 radical (unpaired) electrons. The van der Waals surface area contributed by atoms with E-state index in [0.29, 0.717) is 41.0 Å². The number of nitro groups is 1. The van der Waals surface area contributed by atoms with E-state index in [-0.39, 0.29) is 11.6 Å². The van der Waals surface area contributed by atoms with Crippen molar-refractivity contribution in [2.75, 3.05) is 51.6 Å². The third kappa shape index (κ3) is 5.17. The standard InChI is InChI=1S/C27H29N9O3/c1-33(2)10-11-34(3)22-13-24(39-4)21(12-23(22)36(37)38)31-27-30-15-17(14-28)25(32-27)20-16-35(18-7-8-18)26-19(20)6-5-9-29-26/h5-6,9,12-13,15-16,18H,7-8,10-11H2,1-4H3,(H,30,31,32). The number of nitrogens with zero attached hydrogens (tertiary/aromatic N) is 8. The van der Waals surface area contributed by atoms with Crippen LogP contribution in [0, 0.1) is 21.4 Å². The first-order valence-corrected chi connectivity index (χ1v) is 12.5. The number of pyridine rings is 1. The van der Waals surface area contributed by atoms with Crippen molar-refractivity contribution in [1.29, 1.82) is 5.26 Å². The summed E-state index contributed by atoms with van der Waals surface area (Å²) in [7, 11) is 7.20.